The third-order valence-corrected chi connectivity index (χ3v) is 2.41. The lowest BCUT2D eigenvalue weighted by atomic mass is 10.2. The molecule has 0 unspecified atom stereocenters. The van der Waals surface area contributed by atoms with Gasteiger partial charge in [0.15, 0.2) is 6.29 Å². The molecule has 0 aliphatic rings. The standard InChI is InChI=1S/C11H10N2O3/c1-16-7-13-9(6-14)5-8-3-2-4-10(12-15)11(8)13/h2-6H,7H2,1H3. The summed E-state index contributed by atoms with van der Waals surface area (Å²) in [6, 6.07) is 6.86. The minimum Gasteiger partial charge on any atom is -0.364 e. The quantitative estimate of drug-likeness (QED) is 0.585. The number of benzene rings is 1. The summed E-state index contributed by atoms with van der Waals surface area (Å²) in [7, 11) is 1.53. The first-order valence-corrected chi connectivity index (χ1v) is 4.71. The molecule has 0 bridgehead atoms. The van der Waals surface area contributed by atoms with Crippen molar-refractivity contribution in [3.63, 3.8) is 0 Å². The molecule has 82 valence electrons. The highest BCUT2D eigenvalue weighted by molar-refractivity contribution is 5.95. The van der Waals surface area contributed by atoms with Crippen molar-refractivity contribution in [3.05, 3.63) is 34.9 Å². The number of carbonyl (C=O) groups excluding carboxylic acids is 1. The van der Waals surface area contributed by atoms with Crippen LogP contribution in [0.25, 0.3) is 10.9 Å². The van der Waals surface area contributed by atoms with Crippen LogP contribution in [0.1, 0.15) is 10.5 Å². The minimum atomic E-state index is 0.212. The van der Waals surface area contributed by atoms with E-state index in [-0.39, 0.29) is 6.73 Å². The number of fused-ring (bicyclic) bond motifs is 1. The van der Waals surface area contributed by atoms with Crippen molar-refractivity contribution >= 4 is 22.9 Å². The number of hydrogen-bond acceptors (Lipinski definition) is 4. The zero-order chi connectivity index (χ0) is 11.5. The van der Waals surface area contributed by atoms with Crippen LogP contribution in [0.15, 0.2) is 29.4 Å². The van der Waals surface area contributed by atoms with Gasteiger partial charge in [-0.15, -0.1) is 4.91 Å². The molecule has 0 atom stereocenters. The fourth-order valence-corrected chi connectivity index (χ4v) is 1.77. The summed E-state index contributed by atoms with van der Waals surface area (Å²) in [4.78, 5) is 21.6. The summed E-state index contributed by atoms with van der Waals surface area (Å²) in [5.74, 6) is 0. The number of rotatable bonds is 4. The number of para-hydroxylation sites is 1. The Morgan fingerprint density at radius 3 is 2.94 bits per heavy atom. The van der Waals surface area contributed by atoms with Gasteiger partial charge in [-0.1, -0.05) is 12.1 Å². The number of nitrogens with zero attached hydrogens (tertiary/aromatic N) is 2. The van der Waals surface area contributed by atoms with Gasteiger partial charge in [0, 0.05) is 12.5 Å². The van der Waals surface area contributed by atoms with Crippen molar-refractivity contribution in [1.82, 2.24) is 4.57 Å². The van der Waals surface area contributed by atoms with Crippen molar-refractivity contribution in [3.8, 4) is 0 Å². The molecule has 1 aromatic heterocycles. The van der Waals surface area contributed by atoms with Gasteiger partial charge in [0.1, 0.15) is 12.4 Å². The van der Waals surface area contributed by atoms with Gasteiger partial charge in [0.05, 0.1) is 11.2 Å². The Hall–Kier alpha value is -2.01. The SMILES string of the molecule is COCn1c(C=O)cc2cccc(N=O)c21. The van der Waals surface area contributed by atoms with Gasteiger partial charge in [0.2, 0.25) is 0 Å². The lowest BCUT2D eigenvalue weighted by Gasteiger charge is -2.06. The van der Waals surface area contributed by atoms with E-state index in [1.165, 1.54) is 7.11 Å². The van der Waals surface area contributed by atoms with Crippen LogP contribution in [0.2, 0.25) is 0 Å². The minimum absolute atomic E-state index is 0.212. The number of carbonyl (C=O) groups is 1. The van der Waals surface area contributed by atoms with Crippen molar-refractivity contribution in [1.29, 1.82) is 0 Å². The van der Waals surface area contributed by atoms with E-state index in [1.54, 1.807) is 22.8 Å². The smallest absolute Gasteiger partial charge is 0.166 e. The molecule has 0 aliphatic heterocycles. The first-order valence-electron chi connectivity index (χ1n) is 4.71. The number of hydrogen-bond donors (Lipinski definition) is 0. The highest BCUT2D eigenvalue weighted by atomic mass is 16.5. The molecule has 0 fully saturated rings. The highest BCUT2D eigenvalue weighted by Gasteiger charge is 2.11. The molecular formula is C11H10N2O3. The molecule has 2 rings (SSSR count). The summed E-state index contributed by atoms with van der Waals surface area (Å²) in [6.07, 6.45) is 0.730. The lowest BCUT2D eigenvalue weighted by molar-refractivity contribution is 0.107. The largest absolute Gasteiger partial charge is 0.364 e. The van der Waals surface area contributed by atoms with Crippen molar-refractivity contribution in [2.75, 3.05) is 7.11 Å². The van der Waals surface area contributed by atoms with Crippen LogP contribution in [0.3, 0.4) is 0 Å². The zero-order valence-corrected chi connectivity index (χ0v) is 8.71. The Bertz CT molecular complexity index is 545. The van der Waals surface area contributed by atoms with E-state index in [9.17, 15) is 9.70 Å². The van der Waals surface area contributed by atoms with E-state index in [0.717, 1.165) is 11.7 Å². The maximum absolute atomic E-state index is 10.9. The predicted octanol–water partition coefficient (Wildman–Crippen LogP) is 2.46. The number of aromatic nitrogens is 1. The third kappa shape index (κ3) is 1.51. The van der Waals surface area contributed by atoms with Crippen LogP contribution >= 0.6 is 0 Å². The monoisotopic (exact) mass is 218 g/mol. The van der Waals surface area contributed by atoms with E-state index in [2.05, 4.69) is 5.18 Å². The summed E-state index contributed by atoms with van der Waals surface area (Å²) in [5, 5.41) is 3.75. The molecule has 16 heavy (non-hydrogen) atoms. The van der Waals surface area contributed by atoms with Crippen molar-refractivity contribution in [2.24, 2.45) is 5.18 Å². The van der Waals surface area contributed by atoms with Gasteiger partial charge in [-0.3, -0.25) is 4.79 Å². The molecule has 5 nitrogen and oxygen atoms in total. The first kappa shape index (κ1) is 10.5. The van der Waals surface area contributed by atoms with Crippen LogP contribution in [0.5, 0.6) is 0 Å². The highest BCUT2D eigenvalue weighted by Crippen LogP contribution is 2.28. The molecule has 1 heterocycles. The molecule has 0 N–H and O–H groups in total. The maximum Gasteiger partial charge on any atom is 0.166 e. The molecule has 0 saturated carbocycles. The molecule has 2 aromatic rings. The Morgan fingerprint density at radius 1 is 1.50 bits per heavy atom. The molecule has 0 amide bonds. The molecule has 0 aliphatic carbocycles. The van der Waals surface area contributed by atoms with Crippen molar-refractivity contribution < 1.29 is 9.53 Å². The average Bonchev–Trinajstić information content (AvgIpc) is 2.68. The second kappa shape index (κ2) is 4.24. The van der Waals surface area contributed by atoms with Crippen LogP contribution < -0.4 is 0 Å². The Labute approximate surface area is 91.6 Å². The van der Waals surface area contributed by atoms with Crippen LogP contribution in [0, 0.1) is 4.91 Å². The molecular weight excluding hydrogens is 208 g/mol. The van der Waals surface area contributed by atoms with E-state index < -0.39 is 0 Å². The Morgan fingerprint density at radius 2 is 2.31 bits per heavy atom. The van der Waals surface area contributed by atoms with Crippen molar-refractivity contribution in [2.45, 2.75) is 6.73 Å². The van der Waals surface area contributed by atoms with Gasteiger partial charge in [-0.25, -0.2) is 0 Å². The first-order chi connectivity index (χ1) is 7.81. The van der Waals surface area contributed by atoms with Gasteiger partial charge >= 0.3 is 0 Å². The fraction of sp³-hybridized carbons (Fsp3) is 0.182. The number of ether oxygens (including phenoxy) is 1. The lowest BCUT2D eigenvalue weighted by Crippen LogP contribution is -2.03. The topological polar surface area (TPSA) is 60.7 Å². The second-order valence-electron chi connectivity index (χ2n) is 3.34. The zero-order valence-electron chi connectivity index (χ0n) is 8.71. The van der Waals surface area contributed by atoms with Crippen LogP contribution in [-0.2, 0) is 11.5 Å². The maximum atomic E-state index is 10.9. The molecule has 0 radical (unpaired) electrons. The number of nitroso groups, excluding NO2 is 1. The average molecular weight is 218 g/mol. The van der Waals surface area contributed by atoms with Crippen LogP contribution in [0.4, 0.5) is 5.69 Å². The van der Waals surface area contributed by atoms with Gasteiger partial charge in [0.25, 0.3) is 0 Å². The summed E-state index contributed by atoms with van der Waals surface area (Å²) in [6.45, 7) is 0.212. The fourth-order valence-electron chi connectivity index (χ4n) is 1.77. The van der Waals surface area contributed by atoms with E-state index >= 15 is 0 Å². The molecule has 0 spiro atoms. The molecule has 0 saturated heterocycles. The normalized spacial score (nSPS) is 10.6. The summed E-state index contributed by atoms with van der Waals surface area (Å²) >= 11 is 0. The van der Waals surface area contributed by atoms with E-state index in [1.807, 2.05) is 6.07 Å². The van der Waals surface area contributed by atoms with Gasteiger partial charge < -0.3 is 9.30 Å². The van der Waals surface area contributed by atoms with Crippen LogP contribution in [-0.4, -0.2) is 18.0 Å². The van der Waals surface area contributed by atoms with Gasteiger partial charge in [-0.2, -0.15) is 0 Å². The Kier molecular flexibility index (Phi) is 2.78. The second-order valence-corrected chi connectivity index (χ2v) is 3.34. The summed E-state index contributed by atoms with van der Waals surface area (Å²) < 4.78 is 6.62. The third-order valence-electron chi connectivity index (χ3n) is 2.41. The Balaban J connectivity index is 2.79. The van der Waals surface area contributed by atoms with E-state index in [4.69, 9.17) is 4.74 Å². The van der Waals surface area contributed by atoms with Gasteiger partial charge in [-0.05, 0) is 17.3 Å². The predicted molar refractivity (Wildman–Crippen MR) is 59.8 cm³/mol. The van der Waals surface area contributed by atoms with E-state index in [0.29, 0.717) is 16.9 Å². The number of aldehydes is 1. The summed E-state index contributed by atoms with van der Waals surface area (Å²) in [5.41, 5.74) is 1.40. The molecule has 5 heteroatoms. The number of methoxy groups -OCH3 is 1. The molecule has 1 aromatic carbocycles.